The van der Waals surface area contributed by atoms with Crippen molar-refractivity contribution < 1.29 is 9.90 Å². The van der Waals surface area contributed by atoms with Gasteiger partial charge >= 0.3 is 0 Å². The first-order valence-corrected chi connectivity index (χ1v) is 5.18. The molecule has 2 nitrogen and oxygen atoms in total. The third-order valence-electron chi connectivity index (χ3n) is 2.66. The van der Waals surface area contributed by atoms with Gasteiger partial charge in [-0.15, -0.1) is 0 Å². The Morgan fingerprint density at radius 3 is 2.79 bits per heavy atom. The van der Waals surface area contributed by atoms with Crippen molar-refractivity contribution in [3.05, 3.63) is 24.3 Å². The number of rotatable bonds is 4. The predicted octanol–water partition coefficient (Wildman–Crippen LogP) is 2.24. The van der Waals surface area contributed by atoms with Gasteiger partial charge in [0.15, 0.2) is 5.78 Å². The average Bonchev–Trinajstić information content (AvgIpc) is 2.38. The fourth-order valence-electron chi connectivity index (χ4n) is 1.75. The number of hydrogen-bond acceptors (Lipinski definition) is 2. The summed E-state index contributed by atoms with van der Waals surface area (Å²) < 4.78 is 0. The van der Waals surface area contributed by atoms with Crippen LogP contribution in [0.3, 0.4) is 0 Å². The highest BCUT2D eigenvalue weighted by atomic mass is 16.3. The lowest BCUT2D eigenvalue weighted by Crippen LogP contribution is -2.32. The smallest absolute Gasteiger partial charge is 0.161 e. The van der Waals surface area contributed by atoms with Crippen molar-refractivity contribution >= 4 is 5.78 Å². The molecule has 0 aliphatic heterocycles. The number of hydrogen-bond donors (Lipinski definition) is 1. The molecule has 0 aromatic heterocycles. The zero-order chi connectivity index (χ0) is 10.6. The van der Waals surface area contributed by atoms with Gasteiger partial charge in [-0.05, 0) is 38.3 Å². The van der Waals surface area contributed by atoms with Crippen molar-refractivity contribution in [2.45, 2.75) is 38.7 Å². The van der Waals surface area contributed by atoms with Gasteiger partial charge in [-0.25, -0.2) is 0 Å². The monoisotopic (exact) mass is 194 g/mol. The molecule has 0 saturated carbocycles. The van der Waals surface area contributed by atoms with Crippen LogP contribution in [-0.4, -0.2) is 16.5 Å². The maximum absolute atomic E-state index is 11.4. The van der Waals surface area contributed by atoms with Gasteiger partial charge in [-0.3, -0.25) is 4.79 Å². The van der Waals surface area contributed by atoms with Gasteiger partial charge in [-0.2, -0.15) is 0 Å². The van der Waals surface area contributed by atoms with Crippen LogP contribution in [0.1, 0.15) is 33.1 Å². The first-order valence-electron chi connectivity index (χ1n) is 5.18. The summed E-state index contributed by atoms with van der Waals surface area (Å²) in [6.45, 7) is 3.78. The van der Waals surface area contributed by atoms with Crippen molar-refractivity contribution in [1.82, 2.24) is 0 Å². The molecule has 1 rings (SSSR count). The van der Waals surface area contributed by atoms with Crippen LogP contribution in [0.2, 0.25) is 0 Å². The van der Waals surface area contributed by atoms with Crippen LogP contribution in [-0.2, 0) is 4.79 Å². The van der Waals surface area contributed by atoms with Crippen molar-refractivity contribution in [3.8, 4) is 0 Å². The van der Waals surface area contributed by atoms with Crippen molar-refractivity contribution in [1.29, 1.82) is 0 Å². The molecule has 0 amide bonds. The van der Waals surface area contributed by atoms with Crippen LogP contribution in [0.15, 0.2) is 24.3 Å². The molecule has 1 aliphatic carbocycles. The second kappa shape index (κ2) is 4.56. The van der Waals surface area contributed by atoms with E-state index in [1.807, 2.05) is 0 Å². The van der Waals surface area contributed by atoms with Crippen molar-refractivity contribution in [2.75, 3.05) is 0 Å². The summed E-state index contributed by atoms with van der Waals surface area (Å²) >= 11 is 0. The van der Waals surface area contributed by atoms with Crippen LogP contribution >= 0.6 is 0 Å². The van der Waals surface area contributed by atoms with E-state index < -0.39 is 5.60 Å². The van der Waals surface area contributed by atoms with E-state index in [-0.39, 0.29) is 11.7 Å². The largest absolute Gasteiger partial charge is 0.385 e. The van der Waals surface area contributed by atoms with Crippen LogP contribution < -0.4 is 0 Å². The summed E-state index contributed by atoms with van der Waals surface area (Å²) in [6.07, 6.45) is 9.87. The first-order chi connectivity index (χ1) is 6.58. The number of carbonyl (C=O) groups excluding carboxylic acids is 1. The zero-order valence-corrected chi connectivity index (χ0v) is 8.86. The van der Waals surface area contributed by atoms with Crippen molar-refractivity contribution in [2.24, 2.45) is 5.92 Å². The summed E-state index contributed by atoms with van der Waals surface area (Å²) in [4.78, 5) is 11.4. The summed E-state index contributed by atoms with van der Waals surface area (Å²) in [5, 5.41) is 9.85. The highest BCUT2D eigenvalue weighted by molar-refractivity contribution is 5.95. The Balaban J connectivity index is 2.45. The Hall–Kier alpha value is -0.890. The lowest BCUT2D eigenvalue weighted by Gasteiger charge is -2.22. The number of aliphatic hydroxyl groups is 1. The van der Waals surface area contributed by atoms with Crippen LogP contribution in [0.25, 0.3) is 0 Å². The molecule has 0 heterocycles. The van der Waals surface area contributed by atoms with Crippen LogP contribution in [0.5, 0.6) is 0 Å². The maximum Gasteiger partial charge on any atom is 0.161 e. The standard InChI is InChI=1S/C12H18O2/c1-3-4-5-6-7-10-11(13)8-9-12(10,2)14/h4-5,8-10,14H,3,6-7H2,1-2H3/b5-4-. The normalized spacial score (nSPS) is 31.9. The van der Waals surface area contributed by atoms with Gasteiger partial charge in [0, 0.05) is 0 Å². The molecule has 0 saturated heterocycles. The topological polar surface area (TPSA) is 37.3 Å². The molecule has 78 valence electrons. The van der Waals surface area contributed by atoms with Crippen LogP contribution in [0, 0.1) is 5.92 Å². The van der Waals surface area contributed by atoms with E-state index in [1.165, 1.54) is 6.08 Å². The van der Waals surface area contributed by atoms with Crippen LogP contribution in [0.4, 0.5) is 0 Å². The van der Waals surface area contributed by atoms with Gasteiger partial charge < -0.3 is 5.11 Å². The SMILES string of the molecule is CC/C=C\CCC1C(=O)C=CC1(C)O. The molecule has 1 aliphatic rings. The average molecular weight is 194 g/mol. The number of carbonyl (C=O) groups is 1. The first kappa shape index (κ1) is 11.2. The minimum atomic E-state index is -0.933. The fraction of sp³-hybridized carbons (Fsp3) is 0.583. The van der Waals surface area contributed by atoms with Gasteiger partial charge in [-0.1, -0.05) is 19.1 Å². The molecule has 0 aromatic carbocycles. The minimum Gasteiger partial charge on any atom is -0.385 e. The van der Waals surface area contributed by atoms with E-state index in [0.717, 1.165) is 19.3 Å². The van der Waals surface area contributed by atoms with E-state index in [1.54, 1.807) is 13.0 Å². The van der Waals surface area contributed by atoms with E-state index in [9.17, 15) is 9.90 Å². The maximum atomic E-state index is 11.4. The molecule has 14 heavy (non-hydrogen) atoms. The quantitative estimate of drug-likeness (QED) is 0.697. The second-order valence-electron chi connectivity index (χ2n) is 3.97. The summed E-state index contributed by atoms with van der Waals surface area (Å²) in [7, 11) is 0. The van der Waals surface area contributed by atoms with E-state index in [4.69, 9.17) is 0 Å². The van der Waals surface area contributed by atoms with E-state index in [0.29, 0.717) is 0 Å². The highest BCUT2D eigenvalue weighted by Gasteiger charge is 2.37. The zero-order valence-electron chi connectivity index (χ0n) is 8.86. The van der Waals surface area contributed by atoms with Gasteiger partial charge in [0.1, 0.15) is 0 Å². The Kier molecular flexibility index (Phi) is 3.64. The molecule has 2 heteroatoms. The van der Waals surface area contributed by atoms with E-state index >= 15 is 0 Å². The molecule has 2 atom stereocenters. The molecule has 0 radical (unpaired) electrons. The summed E-state index contributed by atoms with van der Waals surface area (Å²) in [6, 6.07) is 0. The molecule has 1 N–H and O–H groups in total. The van der Waals surface area contributed by atoms with Gasteiger partial charge in [0.05, 0.1) is 11.5 Å². The lowest BCUT2D eigenvalue weighted by atomic mass is 9.88. The van der Waals surface area contributed by atoms with Gasteiger partial charge in [0.2, 0.25) is 0 Å². The summed E-state index contributed by atoms with van der Waals surface area (Å²) in [5.74, 6) is -0.191. The minimum absolute atomic E-state index is 0.0555. The Morgan fingerprint density at radius 2 is 2.29 bits per heavy atom. The number of ketones is 1. The highest BCUT2D eigenvalue weighted by Crippen LogP contribution is 2.30. The second-order valence-corrected chi connectivity index (χ2v) is 3.97. The third-order valence-corrected chi connectivity index (χ3v) is 2.66. The summed E-state index contributed by atoms with van der Waals surface area (Å²) in [5.41, 5.74) is -0.933. The Labute approximate surface area is 85.3 Å². The molecule has 0 spiro atoms. The van der Waals surface area contributed by atoms with Gasteiger partial charge in [0.25, 0.3) is 0 Å². The Bertz CT molecular complexity index is 261. The number of allylic oxidation sites excluding steroid dienone is 3. The third kappa shape index (κ3) is 2.55. The van der Waals surface area contributed by atoms with Crippen molar-refractivity contribution in [3.63, 3.8) is 0 Å². The molecular formula is C12H18O2. The van der Waals surface area contributed by atoms with E-state index in [2.05, 4.69) is 19.1 Å². The molecule has 2 unspecified atom stereocenters. The fourth-order valence-corrected chi connectivity index (χ4v) is 1.75. The Morgan fingerprint density at radius 1 is 1.57 bits per heavy atom. The molecule has 0 bridgehead atoms. The molecule has 0 fully saturated rings. The molecule has 0 aromatic rings. The molecular weight excluding hydrogens is 176 g/mol. The predicted molar refractivity (Wildman–Crippen MR) is 56.9 cm³/mol. The lowest BCUT2D eigenvalue weighted by molar-refractivity contribution is -0.122.